The zero-order chi connectivity index (χ0) is 19.8. The molecule has 2 aromatic rings. The SMILES string of the molecule is CN1c2cc(C(=O)Nc3ccc(F)c(Cl)c3)ccc2C(=O)N2CCCCC[C@H]21. The number of hydrogen-bond acceptors (Lipinski definition) is 3. The van der Waals surface area contributed by atoms with Crippen molar-refractivity contribution in [3.63, 3.8) is 0 Å². The van der Waals surface area contributed by atoms with Gasteiger partial charge in [-0.1, -0.05) is 18.0 Å². The van der Waals surface area contributed by atoms with E-state index in [1.54, 1.807) is 18.2 Å². The van der Waals surface area contributed by atoms with Crippen LogP contribution >= 0.6 is 11.6 Å². The maximum atomic E-state index is 13.3. The van der Waals surface area contributed by atoms with Crippen LogP contribution in [-0.2, 0) is 0 Å². The van der Waals surface area contributed by atoms with E-state index in [1.807, 2.05) is 11.9 Å². The van der Waals surface area contributed by atoms with E-state index in [0.717, 1.165) is 37.9 Å². The summed E-state index contributed by atoms with van der Waals surface area (Å²) in [4.78, 5) is 29.6. The molecule has 2 heterocycles. The van der Waals surface area contributed by atoms with Gasteiger partial charge in [-0.15, -0.1) is 0 Å². The van der Waals surface area contributed by atoms with E-state index < -0.39 is 5.82 Å². The number of hydrogen-bond donors (Lipinski definition) is 1. The third kappa shape index (κ3) is 3.33. The van der Waals surface area contributed by atoms with E-state index in [1.165, 1.54) is 18.2 Å². The van der Waals surface area contributed by atoms with Crippen LogP contribution in [0.2, 0.25) is 5.02 Å². The molecule has 0 bridgehead atoms. The van der Waals surface area contributed by atoms with Crippen LogP contribution in [0.5, 0.6) is 0 Å². The Morgan fingerprint density at radius 3 is 2.79 bits per heavy atom. The molecule has 7 heteroatoms. The lowest BCUT2D eigenvalue weighted by Crippen LogP contribution is -2.53. The Balaban J connectivity index is 1.62. The van der Waals surface area contributed by atoms with Gasteiger partial charge in [0.15, 0.2) is 0 Å². The quantitative estimate of drug-likeness (QED) is 0.804. The molecule has 1 N–H and O–H groups in total. The number of nitrogens with zero attached hydrogens (tertiary/aromatic N) is 2. The van der Waals surface area contributed by atoms with E-state index in [2.05, 4.69) is 10.2 Å². The number of rotatable bonds is 2. The fourth-order valence-electron chi connectivity index (χ4n) is 3.97. The van der Waals surface area contributed by atoms with Crippen molar-refractivity contribution in [2.75, 3.05) is 23.8 Å². The van der Waals surface area contributed by atoms with Gasteiger partial charge in [0.05, 0.1) is 16.3 Å². The molecule has 0 saturated carbocycles. The molecule has 0 radical (unpaired) electrons. The lowest BCUT2D eigenvalue weighted by Gasteiger charge is -2.43. The number of nitrogens with one attached hydrogen (secondary N) is 1. The van der Waals surface area contributed by atoms with Crippen molar-refractivity contribution in [2.45, 2.75) is 31.8 Å². The summed E-state index contributed by atoms with van der Waals surface area (Å²) in [6.45, 7) is 0.765. The minimum atomic E-state index is -0.540. The van der Waals surface area contributed by atoms with Gasteiger partial charge < -0.3 is 15.1 Å². The molecule has 0 aliphatic carbocycles. The van der Waals surface area contributed by atoms with Gasteiger partial charge in [-0.25, -0.2) is 4.39 Å². The van der Waals surface area contributed by atoms with Gasteiger partial charge in [0.2, 0.25) is 0 Å². The molecule has 0 aromatic heterocycles. The fourth-order valence-corrected chi connectivity index (χ4v) is 4.15. The molecular weight excluding hydrogens is 381 g/mol. The molecule has 2 amide bonds. The second-order valence-electron chi connectivity index (χ2n) is 7.25. The second kappa shape index (κ2) is 7.43. The van der Waals surface area contributed by atoms with Crippen molar-refractivity contribution in [3.8, 4) is 0 Å². The van der Waals surface area contributed by atoms with E-state index >= 15 is 0 Å². The molecule has 0 spiro atoms. The van der Waals surface area contributed by atoms with Crippen molar-refractivity contribution in [2.24, 2.45) is 0 Å². The number of carbonyl (C=O) groups is 2. The molecule has 2 aromatic carbocycles. The van der Waals surface area contributed by atoms with Crippen molar-refractivity contribution in [3.05, 3.63) is 58.4 Å². The van der Waals surface area contributed by atoms with Crippen molar-refractivity contribution >= 4 is 34.8 Å². The summed E-state index contributed by atoms with van der Waals surface area (Å²) in [7, 11) is 1.97. The van der Waals surface area contributed by atoms with Gasteiger partial charge in [0, 0.05) is 24.8 Å². The Morgan fingerprint density at radius 1 is 1.18 bits per heavy atom. The average Bonchev–Trinajstić information content (AvgIpc) is 2.95. The number of anilines is 2. The molecule has 146 valence electrons. The highest BCUT2D eigenvalue weighted by molar-refractivity contribution is 6.31. The fraction of sp³-hybridized carbons (Fsp3) is 0.333. The summed E-state index contributed by atoms with van der Waals surface area (Å²) in [5.74, 6) is -0.853. The first-order valence-electron chi connectivity index (χ1n) is 9.40. The molecule has 28 heavy (non-hydrogen) atoms. The van der Waals surface area contributed by atoms with Crippen LogP contribution in [0.3, 0.4) is 0 Å². The van der Waals surface area contributed by atoms with Crippen molar-refractivity contribution in [1.29, 1.82) is 0 Å². The predicted octanol–water partition coefficient (Wildman–Crippen LogP) is 4.52. The summed E-state index contributed by atoms with van der Waals surface area (Å²) >= 11 is 5.78. The number of benzene rings is 2. The lowest BCUT2D eigenvalue weighted by atomic mass is 10.0. The zero-order valence-electron chi connectivity index (χ0n) is 15.5. The van der Waals surface area contributed by atoms with Gasteiger partial charge in [0.25, 0.3) is 11.8 Å². The molecule has 5 nitrogen and oxygen atoms in total. The third-order valence-corrected chi connectivity index (χ3v) is 5.77. The van der Waals surface area contributed by atoms with Crippen LogP contribution in [0.25, 0.3) is 0 Å². The monoisotopic (exact) mass is 401 g/mol. The zero-order valence-corrected chi connectivity index (χ0v) is 16.3. The van der Waals surface area contributed by atoms with Crippen LogP contribution in [0, 0.1) is 5.82 Å². The molecule has 1 fully saturated rings. The van der Waals surface area contributed by atoms with Gasteiger partial charge >= 0.3 is 0 Å². The summed E-state index contributed by atoms with van der Waals surface area (Å²) in [5, 5.41) is 2.67. The highest BCUT2D eigenvalue weighted by atomic mass is 35.5. The molecule has 0 unspecified atom stereocenters. The number of halogens is 2. The van der Waals surface area contributed by atoms with E-state index in [0.29, 0.717) is 16.8 Å². The minimum Gasteiger partial charge on any atom is -0.354 e. The normalized spacial score (nSPS) is 19.0. The second-order valence-corrected chi connectivity index (χ2v) is 7.66. The Bertz CT molecular complexity index is 949. The Hall–Kier alpha value is -2.60. The Kier molecular flexibility index (Phi) is 4.98. The first-order chi connectivity index (χ1) is 13.5. The lowest BCUT2D eigenvalue weighted by molar-refractivity contribution is 0.0661. The maximum absolute atomic E-state index is 13.3. The van der Waals surface area contributed by atoms with Crippen LogP contribution in [0.1, 0.15) is 46.4 Å². The first-order valence-corrected chi connectivity index (χ1v) is 9.78. The smallest absolute Gasteiger partial charge is 0.257 e. The maximum Gasteiger partial charge on any atom is 0.257 e. The highest BCUT2D eigenvalue weighted by Crippen LogP contribution is 2.34. The molecule has 4 rings (SSSR count). The van der Waals surface area contributed by atoms with Crippen LogP contribution in [0.4, 0.5) is 15.8 Å². The highest BCUT2D eigenvalue weighted by Gasteiger charge is 2.36. The topological polar surface area (TPSA) is 52.7 Å². The van der Waals surface area contributed by atoms with Crippen LogP contribution < -0.4 is 10.2 Å². The number of fused-ring (bicyclic) bond motifs is 2. The Morgan fingerprint density at radius 2 is 2.00 bits per heavy atom. The van der Waals surface area contributed by atoms with Gasteiger partial charge in [-0.3, -0.25) is 9.59 Å². The van der Waals surface area contributed by atoms with Gasteiger partial charge in [-0.2, -0.15) is 0 Å². The Labute approximate surface area is 168 Å². The third-order valence-electron chi connectivity index (χ3n) is 5.48. The summed E-state index contributed by atoms with van der Waals surface area (Å²) in [5.41, 5.74) is 2.22. The minimum absolute atomic E-state index is 0.0247. The standard InChI is InChI=1S/C21H21ClFN3O2/c1-25-18-11-13(20(27)24-14-7-9-17(23)16(22)12-14)6-8-15(18)21(28)26-10-4-2-3-5-19(25)26/h6-9,11-12,19H,2-5,10H2,1H3,(H,24,27)/t19-/m0/s1. The van der Waals surface area contributed by atoms with Crippen LogP contribution in [0.15, 0.2) is 36.4 Å². The number of amides is 2. The number of carbonyl (C=O) groups excluding carboxylic acids is 2. The van der Waals surface area contributed by atoms with Gasteiger partial charge in [0.1, 0.15) is 12.0 Å². The average molecular weight is 402 g/mol. The molecular formula is C21H21ClFN3O2. The molecule has 1 saturated heterocycles. The van der Waals surface area contributed by atoms with E-state index in [4.69, 9.17) is 11.6 Å². The molecule has 2 aliphatic rings. The van der Waals surface area contributed by atoms with Crippen molar-refractivity contribution < 1.29 is 14.0 Å². The summed E-state index contributed by atoms with van der Waals surface area (Å²) in [6, 6.07) is 9.13. The van der Waals surface area contributed by atoms with E-state index in [9.17, 15) is 14.0 Å². The molecule has 2 aliphatic heterocycles. The summed E-state index contributed by atoms with van der Waals surface area (Å²) in [6.07, 6.45) is 4.17. The largest absolute Gasteiger partial charge is 0.354 e. The predicted molar refractivity (Wildman–Crippen MR) is 108 cm³/mol. The van der Waals surface area contributed by atoms with Gasteiger partial charge in [-0.05, 0) is 55.7 Å². The van der Waals surface area contributed by atoms with E-state index in [-0.39, 0.29) is 23.0 Å². The molecule has 1 atom stereocenters. The van der Waals surface area contributed by atoms with Crippen molar-refractivity contribution in [1.82, 2.24) is 4.90 Å². The van der Waals surface area contributed by atoms with Crippen LogP contribution in [-0.4, -0.2) is 36.5 Å². The first kappa shape index (κ1) is 18.7. The summed E-state index contributed by atoms with van der Waals surface area (Å²) < 4.78 is 13.3.